The van der Waals surface area contributed by atoms with Crippen molar-refractivity contribution in [2.24, 2.45) is 17.3 Å². The van der Waals surface area contributed by atoms with Gasteiger partial charge in [0.2, 0.25) is 0 Å². The third-order valence-corrected chi connectivity index (χ3v) is 5.84. The van der Waals surface area contributed by atoms with E-state index in [1.807, 2.05) is 0 Å². The Kier molecular flexibility index (Phi) is 4.67. The monoisotopic (exact) mass is 360 g/mol. The molecule has 6 unspecified atom stereocenters. The summed E-state index contributed by atoms with van der Waals surface area (Å²) in [5, 5.41) is 10.6. The van der Waals surface area contributed by atoms with Crippen molar-refractivity contribution in [3.05, 3.63) is 48.6 Å². The molecule has 3 aliphatic rings. The number of hydrogen-bond donors (Lipinski definition) is 1. The Hall–Kier alpha value is -2.18. The molecule has 1 N–H and O–H groups in total. The molecule has 2 heterocycles. The first-order valence-corrected chi connectivity index (χ1v) is 8.61. The van der Waals surface area contributed by atoms with E-state index >= 15 is 0 Å². The van der Waals surface area contributed by atoms with Gasteiger partial charge in [-0.2, -0.15) is 0 Å². The number of aliphatic hydroxyl groups excluding tert-OH is 1. The number of rotatable bonds is 3. The topological polar surface area (TPSA) is 82.1 Å². The Morgan fingerprint density at radius 3 is 2.73 bits per heavy atom. The van der Waals surface area contributed by atoms with E-state index in [1.54, 1.807) is 26.0 Å². The van der Waals surface area contributed by atoms with Gasteiger partial charge in [-0.1, -0.05) is 25.3 Å². The van der Waals surface area contributed by atoms with Crippen molar-refractivity contribution in [3.63, 3.8) is 0 Å². The second kappa shape index (κ2) is 6.52. The maximum Gasteiger partial charge on any atom is 0.334 e. The maximum absolute atomic E-state index is 12.3. The van der Waals surface area contributed by atoms with Gasteiger partial charge in [-0.3, -0.25) is 0 Å². The first kappa shape index (κ1) is 18.6. The Morgan fingerprint density at radius 1 is 1.42 bits per heavy atom. The fraction of sp³-hybridized carbons (Fsp3) is 0.500. The average molecular weight is 360 g/mol. The molecular formula is C20H24O6. The lowest BCUT2D eigenvalue weighted by Crippen LogP contribution is -2.60. The summed E-state index contributed by atoms with van der Waals surface area (Å²) in [6, 6.07) is 0. The zero-order valence-electron chi connectivity index (χ0n) is 15.1. The highest BCUT2D eigenvalue weighted by atomic mass is 16.6. The highest BCUT2D eigenvalue weighted by Crippen LogP contribution is 2.57. The molecule has 1 aliphatic carbocycles. The standard InChI is InChI=1S/C20H24O6/c1-6-10(3)17(21)25-13-8-20(7-2)15(11(4)9-24-19(20)23)16-14(13)12(5)18(22)26-16/h6-7,13-16,19,23H,2,4-5,8-9H2,1,3H3. The molecule has 0 amide bonds. The normalized spacial score (nSPS) is 39.7. The number of fused-ring (bicyclic) bond motifs is 3. The second-order valence-electron chi connectivity index (χ2n) is 7.16. The van der Waals surface area contributed by atoms with Crippen molar-refractivity contribution in [1.29, 1.82) is 0 Å². The molecule has 0 bridgehead atoms. The SMILES string of the molecule is C=CC12CC(OC(=O)C(C)=CC)C3C(=C)C(=O)OC3C1C(=C)COC2O. The van der Waals surface area contributed by atoms with Crippen molar-refractivity contribution in [3.8, 4) is 0 Å². The zero-order chi connectivity index (χ0) is 19.2. The number of allylic oxidation sites excluding steroid dienone is 1. The van der Waals surface area contributed by atoms with Gasteiger partial charge in [-0.25, -0.2) is 9.59 Å². The van der Waals surface area contributed by atoms with E-state index in [9.17, 15) is 14.7 Å². The van der Waals surface area contributed by atoms with Gasteiger partial charge >= 0.3 is 11.9 Å². The van der Waals surface area contributed by atoms with Crippen LogP contribution in [0.1, 0.15) is 20.3 Å². The van der Waals surface area contributed by atoms with Crippen molar-refractivity contribution in [1.82, 2.24) is 0 Å². The van der Waals surface area contributed by atoms with Crippen molar-refractivity contribution < 1.29 is 28.9 Å². The lowest BCUT2D eigenvalue weighted by Gasteiger charge is -2.54. The van der Waals surface area contributed by atoms with Gasteiger partial charge in [0.25, 0.3) is 0 Å². The number of carbonyl (C=O) groups is 2. The first-order chi connectivity index (χ1) is 12.3. The molecule has 1 saturated carbocycles. The van der Waals surface area contributed by atoms with Crippen LogP contribution < -0.4 is 0 Å². The summed E-state index contributed by atoms with van der Waals surface area (Å²) >= 11 is 0. The van der Waals surface area contributed by atoms with Gasteiger partial charge in [-0.15, -0.1) is 6.58 Å². The maximum atomic E-state index is 12.3. The minimum Gasteiger partial charge on any atom is -0.458 e. The molecule has 0 spiro atoms. The van der Waals surface area contributed by atoms with Crippen LogP contribution in [0.25, 0.3) is 0 Å². The lowest BCUT2D eigenvalue weighted by atomic mass is 9.57. The molecule has 2 saturated heterocycles. The van der Waals surface area contributed by atoms with Crippen LogP contribution >= 0.6 is 0 Å². The minimum atomic E-state index is -1.16. The largest absolute Gasteiger partial charge is 0.458 e. The molecule has 0 radical (unpaired) electrons. The number of esters is 2. The molecule has 3 rings (SSSR count). The van der Waals surface area contributed by atoms with E-state index in [0.29, 0.717) is 11.1 Å². The predicted octanol–water partition coefficient (Wildman–Crippen LogP) is 2.06. The summed E-state index contributed by atoms with van der Waals surface area (Å²) in [6.07, 6.45) is 1.01. The fourth-order valence-corrected chi connectivity index (χ4v) is 4.30. The second-order valence-corrected chi connectivity index (χ2v) is 7.16. The van der Waals surface area contributed by atoms with Crippen LogP contribution in [0.5, 0.6) is 0 Å². The summed E-state index contributed by atoms with van der Waals surface area (Å²) in [6.45, 7) is 15.3. The fourth-order valence-electron chi connectivity index (χ4n) is 4.30. The number of aliphatic hydroxyl groups is 1. The summed E-state index contributed by atoms with van der Waals surface area (Å²) in [7, 11) is 0. The molecule has 2 aliphatic heterocycles. The Morgan fingerprint density at radius 2 is 2.12 bits per heavy atom. The van der Waals surface area contributed by atoms with E-state index in [0.717, 1.165) is 0 Å². The quantitative estimate of drug-likeness (QED) is 0.471. The van der Waals surface area contributed by atoms with Gasteiger partial charge < -0.3 is 19.3 Å². The Balaban J connectivity index is 2.04. The molecule has 3 fully saturated rings. The highest BCUT2D eigenvalue weighted by molar-refractivity contribution is 5.92. The summed E-state index contributed by atoms with van der Waals surface area (Å²) < 4.78 is 16.7. The molecule has 6 nitrogen and oxygen atoms in total. The third kappa shape index (κ3) is 2.56. The lowest BCUT2D eigenvalue weighted by molar-refractivity contribution is -0.233. The van der Waals surface area contributed by atoms with Crippen LogP contribution in [-0.2, 0) is 23.8 Å². The molecule has 26 heavy (non-hydrogen) atoms. The Bertz CT molecular complexity index is 720. The molecule has 6 heteroatoms. The zero-order valence-corrected chi connectivity index (χ0v) is 15.1. The summed E-state index contributed by atoms with van der Waals surface area (Å²) in [5.41, 5.74) is 0.479. The number of carbonyl (C=O) groups excluding carboxylic acids is 2. The van der Waals surface area contributed by atoms with Crippen LogP contribution in [0, 0.1) is 17.3 Å². The molecule has 140 valence electrons. The van der Waals surface area contributed by atoms with Gasteiger partial charge in [-0.05, 0) is 25.8 Å². The van der Waals surface area contributed by atoms with Gasteiger partial charge in [0.15, 0.2) is 6.29 Å². The Labute approximate surface area is 152 Å². The van der Waals surface area contributed by atoms with E-state index in [4.69, 9.17) is 14.2 Å². The first-order valence-electron chi connectivity index (χ1n) is 8.61. The van der Waals surface area contributed by atoms with Gasteiger partial charge in [0.1, 0.15) is 12.2 Å². The highest BCUT2D eigenvalue weighted by Gasteiger charge is 2.64. The molecular weight excluding hydrogens is 336 g/mol. The summed E-state index contributed by atoms with van der Waals surface area (Å²) in [4.78, 5) is 24.5. The van der Waals surface area contributed by atoms with Gasteiger partial charge in [0.05, 0.1) is 17.9 Å². The molecule has 6 atom stereocenters. The van der Waals surface area contributed by atoms with Crippen LogP contribution in [0.2, 0.25) is 0 Å². The van der Waals surface area contributed by atoms with Gasteiger partial charge in [0, 0.05) is 17.1 Å². The number of hydrogen-bond acceptors (Lipinski definition) is 6. The average Bonchev–Trinajstić information content (AvgIpc) is 2.92. The van der Waals surface area contributed by atoms with Crippen LogP contribution in [0.4, 0.5) is 0 Å². The predicted molar refractivity (Wildman–Crippen MR) is 93.7 cm³/mol. The smallest absolute Gasteiger partial charge is 0.334 e. The minimum absolute atomic E-state index is 0.163. The van der Waals surface area contributed by atoms with E-state index in [2.05, 4.69) is 19.7 Å². The van der Waals surface area contributed by atoms with Crippen LogP contribution in [0.3, 0.4) is 0 Å². The van der Waals surface area contributed by atoms with Crippen LogP contribution in [-0.4, -0.2) is 42.1 Å². The van der Waals surface area contributed by atoms with E-state index in [-0.39, 0.29) is 24.5 Å². The van der Waals surface area contributed by atoms with E-state index in [1.165, 1.54) is 0 Å². The van der Waals surface area contributed by atoms with E-state index < -0.39 is 41.8 Å². The summed E-state index contributed by atoms with van der Waals surface area (Å²) in [5.74, 6) is -1.87. The van der Waals surface area contributed by atoms with Crippen molar-refractivity contribution >= 4 is 11.9 Å². The third-order valence-electron chi connectivity index (χ3n) is 5.84. The molecule has 0 aromatic rings. The van der Waals surface area contributed by atoms with Crippen LogP contribution in [0.15, 0.2) is 48.6 Å². The molecule has 0 aromatic carbocycles. The number of ether oxygens (including phenoxy) is 3. The van der Waals surface area contributed by atoms with Crippen molar-refractivity contribution in [2.45, 2.75) is 38.8 Å². The molecule has 0 aromatic heterocycles. The van der Waals surface area contributed by atoms with Crippen molar-refractivity contribution in [2.75, 3.05) is 6.61 Å².